The quantitative estimate of drug-likeness (QED) is 0.675. The van der Waals surface area contributed by atoms with Gasteiger partial charge in [-0.1, -0.05) is 24.3 Å². The minimum Gasteiger partial charge on any atom is -0.355 e. The average Bonchev–Trinajstić information content (AvgIpc) is 3.17. The van der Waals surface area contributed by atoms with Crippen LogP contribution in [0.4, 0.5) is 11.6 Å². The number of para-hydroxylation sites is 2. The van der Waals surface area contributed by atoms with Crippen LogP contribution in [0, 0.1) is 0 Å². The van der Waals surface area contributed by atoms with E-state index in [9.17, 15) is 9.59 Å². The molecular formula is C23H23N5O2. The zero-order valence-corrected chi connectivity index (χ0v) is 16.9. The minimum atomic E-state index is -0.0940. The molecule has 0 N–H and O–H groups in total. The van der Waals surface area contributed by atoms with Gasteiger partial charge in [-0.2, -0.15) is 0 Å². The lowest BCUT2D eigenvalue weighted by atomic mass is 10.1. The van der Waals surface area contributed by atoms with E-state index < -0.39 is 0 Å². The van der Waals surface area contributed by atoms with E-state index in [1.54, 1.807) is 4.90 Å². The summed E-state index contributed by atoms with van der Waals surface area (Å²) < 4.78 is 0. The van der Waals surface area contributed by atoms with E-state index in [0.717, 1.165) is 29.6 Å². The molecule has 0 spiro atoms. The molecule has 3 aromatic rings. The van der Waals surface area contributed by atoms with Crippen LogP contribution in [0.25, 0.3) is 11.0 Å². The van der Waals surface area contributed by atoms with Gasteiger partial charge < -0.3 is 9.80 Å². The molecule has 5 rings (SSSR count). The second kappa shape index (κ2) is 7.40. The van der Waals surface area contributed by atoms with Crippen LogP contribution >= 0.6 is 0 Å². The Morgan fingerprint density at radius 3 is 2.47 bits per heavy atom. The third-order valence-corrected chi connectivity index (χ3v) is 5.77. The highest BCUT2D eigenvalue weighted by Crippen LogP contribution is 2.31. The van der Waals surface area contributed by atoms with Crippen molar-refractivity contribution in [3.8, 4) is 0 Å². The third kappa shape index (κ3) is 3.26. The maximum atomic E-state index is 13.4. The van der Waals surface area contributed by atoms with Crippen LogP contribution in [0.5, 0.6) is 0 Å². The molecule has 2 aliphatic rings. The molecule has 3 heterocycles. The summed E-state index contributed by atoms with van der Waals surface area (Å²) in [5, 5.41) is 0. The van der Waals surface area contributed by atoms with Crippen molar-refractivity contribution in [3.05, 3.63) is 59.7 Å². The van der Waals surface area contributed by atoms with Crippen molar-refractivity contribution < 1.29 is 9.59 Å². The first-order valence-corrected chi connectivity index (χ1v) is 10.3. The number of hydrogen-bond acceptors (Lipinski definition) is 5. The SMILES string of the molecule is CN1CCN(C(=O)c2cccc(CN3CCCC3=O)c2)c2nc3ccccc3nc21. The molecule has 0 radical (unpaired) electrons. The molecule has 1 saturated heterocycles. The van der Waals surface area contributed by atoms with Gasteiger partial charge in [0.1, 0.15) is 0 Å². The number of likely N-dealkylation sites (tertiary alicyclic amines) is 1. The summed E-state index contributed by atoms with van der Waals surface area (Å²) in [4.78, 5) is 40.5. The van der Waals surface area contributed by atoms with Gasteiger partial charge in [-0.25, -0.2) is 9.97 Å². The molecule has 0 saturated carbocycles. The van der Waals surface area contributed by atoms with Crippen molar-refractivity contribution in [3.63, 3.8) is 0 Å². The minimum absolute atomic E-state index is 0.0940. The first-order valence-electron chi connectivity index (χ1n) is 10.3. The van der Waals surface area contributed by atoms with E-state index in [1.807, 2.05) is 65.4 Å². The van der Waals surface area contributed by atoms with Crippen molar-refractivity contribution in [2.45, 2.75) is 19.4 Å². The molecule has 1 fully saturated rings. The van der Waals surface area contributed by atoms with Gasteiger partial charge in [-0.3, -0.25) is 14.5 Å². The Kier molecular flexibility index (Phi) is 4.58. The number of nitrogens with zero attached hydrogens (tertiary/aromatic N) is 5. The van der Waals surface area contributed by atoms with Gasteiger partial charge in [0, 0.05) is 45.2 Å². The topological polar surface area (TPSA) is 69.6 Å². The van der Waals surface area contributed by atoms with Crippen molar-refractivity contribution in [2.75, 3.05) is 36.5 Å². The van der Waals surface area contributed by atoms with Crippen molar-refractivity contribution in [1.29, 1.82) is 0 Å². The maximum Gasteiger partial charge on any atom is 0.259 e. The van der Waals surface area contributed by atoms with Gasteiger partial charge in [0.15, 0.2) is 11.6 Å². The van der Waals surface area contributed by atoms with Crippen LogP contribution in [0.1, 0.15) is 28.8 Å². The fraction of sp³-hybridized carbons (Fsp3) is 0.304. The molecule has 2 aliphatic heterocycles. The van der Waals surface area contributed by atoms with Gasteiger partial charge in [0.05, 0.1) is 11.0 Å². The number of benzene rings is 2. The standard InChI is InChI=1S/C23H23N5O2/c1-26-12-13-28(22-21(26)24-18-8-2-3-9-19(18)25-22)23(30)17-7-4-6-16(14-17)15-27-11-5-10-20(27)29/h2-4,6-9,14H,5,10-13,15H2,1H3. The zero-order valence-electron chi connectivity index (χ0n) is 16.9. The normalized spacial score (nSPS) is 16.3. The van der Waals surface area contributed by atoms with Crippen molar-refractivity contribution in [1.82, 2.24) is 14.9 Å². The predicted octanol–water partition coefficient (Wildman–Crippen LogP) is 2.85. The number of rotatable bonds is 3. The molecule has 2 aromatic carbocycles. The Labute approximate surface area is 174 Å². The molecule has 2 amide bonds. The van der Waals surface area contributed by atoms with Crippen LogP contribution < -0.4 is 9.80 Å². The number of carbonyl (C=O) groups is 2. The third-order valence-electron chi connectivity index (χ3n) is 5.77. The predicted molar refractivity (Wildman–Crippen MR) is 116 cm³/mol. The summed E-state index contributed by atoms with van der Waals surface area (Å²) in [7, 11) is 1.97. The molecular weight excluding hydrogens is 378 g/mol. The molecule has 0 aliphatic carbocycles. The highest BCUT2D eigenvalue weighted by atomic mass is 16.2. The van der Waals surface area contributed by atoms with Gasteiger partial charge in [-0.15, -0.1) is 0 Å². The van der Waals surface area contributed by atoms with Crippen molar-refractivity contribution in [2.24, 2.45) is 0 Å². The highest BCUT2D eigenvalue weighted by molar-refractivity contribution is 6.08. The largest absolute Gasteiger partial charge is 0.355 e. The van der Waals surface area contributed by atoms with Gasteiger partial charge in [0.25, 0.3) is 5.91 Å². The Hall–Kier alpha value is -3.48. The van der Waals surface area contributed by atoms with Gasteiger partial charge in [-0.05, 0) is 36.2 Å². The van der Waals surface area contributed by atoms with E-state index in [2.05, 4.69) is 0 Å². The fourth-order valence-corrected chi connectivity index (χ4v) is 4.13. The number of fused-ring (bicyclic) bond motifs is 2. The van der Waals surface area contributed by atoms with Crippen LogP contribution in [0.3, 0.4) is 0 Å². The smallest absolute Gasteiger partial charge is 0.259 e. The monoisotopic (exact) mass is 401 g/mol. The summed E-state index contributed by atoms with van der Waals surface area (Å²) in [6.07, 6.45) is 1.52. The maximum absolute atomic E-state index is 13.4. The van der Waals surface area contributed by atoms with Gasteiger partial charge >= 0.3 is 0 Å². The highest BCUT2D eigenvalue weighted by Gasteiger charge is 2.29. The van der Waals surface area contributed by atoms with E-state index >= 15 is 0 Å². The lowest BCUT2D eigenvalue weighted by Gasteiger charge is -2.33. The van der Waals surface area contributed by atoms with Crippen LogP contribution in [-0.4, -0.2) is 53.4 Å². The zero-order chi connectivity index (χ0) is 20.7. The first kappa shape index (κ1) is 18.5. The van der Waals surface area contributed by atoms with E-state index in [0.29, 0.717) is 43.3 Å². The number of likely N-dealkylation sites (N-methyl/N-ethyl adjacent to an activating group) is 1. The van der Waals surface area contributed by atoms with E-state index in [-0.39, 0.29) is 11.8 Å². The number of hydrogen-bond donors (Lipinski definition) is 0. The Morgan fingerprint density at radius 2 is 1.73 bits per heavy atom. The molecule has 30 heavy (non-hydrogen) atoms. The van der Waals surface area contributed by atoms with Crippen LogP contribution in [-0.2, 0) is 11.3 Å². The lowest BCUT2D eigenvalue weighted by molar-refractivity contribution is -0.128. The second-order valence-electron chi connectivity index (χ2n) is 7.86. The Morgan fingerprint density at radius 1 is 0.967 bits per heavy atom. The van der Waals surface area contributed by atoms with Gasteiger partial charge in [0.2, 0.25) is 5.91 Å². The summed E-state index contributed by atoms with van der Waals surface area (Å²) >= 11 is 0. The molecule has 7 nitrogen and oxygen atoms in total. The second-order valence-corrected chi connectivity index (χ2v) is 7.86. The van der Waals surface area contributed by atoms with Crippen LogP contribution in [0.15, 0.2) is 48.5 Å². The molecule has 0 bridgehead atoms. The lowest BCUT2D eigenvalue weighted by Crippen LogP contribution is -2.43. The van der Waals surface area contributed by atoms with E-state index in [4.69, 9.17) is 9.97 Å². The molecule has 7 heteroatoms. The molecule has 0 atom stereocenters. The number of anilines is 2. The fourth-order valence-electron chi connectivity index (χ4n) is 4.13. The Bertz CT molecular complexity index is 1150. The summed E-state index contributed by atoms with van der Waals surface area (Å²) in [5.74, 6) is 1.39. The first-order chi connectivity index (χ1) is 14.6. The number of amides is 2. The molecule has 1 aromatic heterocycles. The molecule has 0 unspecified atom stereocenters. The summed E-state index contributed by atoms with van der Waals surface area (Å²) in [6, 6.07) is 15.3. The summed E-state index contributed by atoms with van der Waals surface area (Å²) in [5.41, 5.74) is 3.15. The summed E-state index contributed by atoms with van der Waals surface area (Å²) in [6.45, 7) is 2.56. The Balaban J connectivity index is 1.47. The average molecular weight is 401 g/mol. The number of aromatic nitrogens is 2. The van der Waals surface area contributed by atoms with E-state index in [1.165, 1.54) is 0 Å². The van der Waals surface area contributed by atoms with Crippen LogP contribution in [0.2, 0.25) is 0 Å². The number of carbonyl (C=O) groups excluding carboxylic acids is 2. The molecule has 152 valence electrons. The van der Waals surface area contributed by atoms with Crippen molar-refractivity contribution >= 4 is 34.5 Å².